The van der Waals surface area contributed by atoms with Gasteiger partial charge in [-0.2, -0.15) is 0 Å². The lowest BCUT2D eigenvalue weighted by molar-refractivity contribution is -0.146. The monoisotopic (exact) mass is 334 g/mol. The van der Waals surface area contributed by atoms with E-state index in [2.05, 4.69) is 21.3 Å². The summed E-state index contributed by atoms with van der Waals surface area (Å²) in [5, 5.41) is 13.4. The molecule has 0 spiro atoms. The minimum atomic E-state index is -1.37. The summed E-state index contributed by atoms with van der Waals surface area (Å²) in [6.45, 7) is -0.666. The molecule has 0 fully saturated rings. The van der Waals surface area contributed by atoms with E-state index >= 15 is 0 Å². The molecule has 128 valence electrons. The number of ether oxygens (including phenoxy) is 2. The van der Waals surface area contributed by atoms with Crippen molar-refractivity contribution < 1.29 is 29.0 Å². The van der Waals surface area contributed by atoms with E-state index in [1.165, 1.54) is 0 Å². The number of hydrogen-bond acceptors (Lipinski definition) is 6. The van der Waals surface area contributed by atoms with Crippen LogP contribution in [0.5, 0.6) is 0 Å². The number of amides is 2. The largest absolute Gasteiger partial charge is 0.467 e. The van der Waals surface area contributed by atoms with Gasteiger partial charge in [0.15, 0.2) is 12.1 Å². The second-order valence-corrected chi connectivity index (χ2v) is 4.57. The van der Waals surface area contributed by atoms with Gasteiger partial charge < -0.3 is 19.9 Å². The minimum Gasteiger partial charge on any atom is -0.467 e. The highest BCUT2D eigenvalue weighted by Crippen LogP contribution is 2.01. The molecule has 0 aliphatic heterocycles. The van der Waals surface area contributed by atoms with Crippen LogP contribution in [-0.2, 0) is 25.7 Å². The van der Waals surface area contributed by atoms with Gasteiger partial charge in [0.25, 0.3) is 5.91 Å². The Balaban J connectivity index is 2.53. The van der Waals surface area contributed by atoms with E-state index in [0.717, 1.165) is 12.7 Å². The molecule has 0 heterocycles. The van der Waals surface area contributed by atoms with E-state index in [0.29, 0.717) is 0 Å². The number of hydrogen-bond donors (Lipinski definition) is 3. The van der Waals surface area contributed by atoms with Crippen molar-refractivity contribution in [2.45, 2.75) is 18.7 Å². The number of alkyl carbamates (subject to hydrolysis) is 1. The van der Waals surface area contributed by atoms with E-state index in [-0.39, 0.29) is 6.61 Å². The number of benzene rings is 1. The second kappa shape index (κ2) is 9.86. The van der Waals surface area contributed by atoms with Gasteiger partial charge in [-0.3, -0.25) is 10.1 Å². The Morgan fingerprint density at radius 3 is 2.46 bits per heavy atom. The fourth-order valence-electron chi connectivity index (χ4n) is 1.64. The molecule has 3 N–H and O–H groups in total. The van der Waals surface area contributed by atoms with E-state index in [1.807, 2.05) is 6.07 Å². The zero-order valence-electron chi connectivity index (χ0n) is 13.0. The quantitative estimate of drug-likeness (QED) is 0.460. The first-order chi connectivity index (χ1) is 11.5. The summed E-state index contributed by atoms with van der Waals surface area (Å²) in [6.07, 6.45) is 4.30. The number of rotatable bonds is 7. The molecule has 1 aromatic rings. The smallest absolute Gasteiger partial charge is 0.408 e. The third kappa shape index (κ3) is 5.98. The molecule has 0 unspecified atom stereocenters. The third-order valence-electron chi connectivity index (χ3n) is 2.89. The van der Waals surface area contributed by atoms with Crippen LogP contribution in [0.15, 0.2) is 30.3 Å². The molecular formula is C16H18N2O6. The molecule has 0 bridgehead atoms. The van der Waals surface area contributed by atoms with Crippen LogP contribution in [0.25, 0.3) is 0 Å². The van der Waals surface area contributed by atoms with Gasteiger partial charge in [0.05, 0.1) is 13.7 Å². The Hall–Kier alpha value is -3.05. The van der Waals surface area contributed by atoms with Gasteiger partial charge in [0, 0.05) is 0 Å². The van der Waals surface area contributed by atoms with Gasteiger partial charge in [-0.25, -0.2) is 9.59 Å². The van der Waals surface area contributed by atoms with Crippen LogP contribution in [0.1, 0.15) is 5.56 Å². The van der Waals surface area contributed by atoms with Crippen LogP contribution in [0, 0.1) is 12.3 Å². The lowest BCUT2D eigenvalue weighted by Crippen LogP contribution is -2.52. The van der Waals surface area contributed by atoms with Crippen molar-refractivity contribution >= 4 is 18.0 Å². The average Bonchev–Trinajstić information content (AvgIpc) is 2.62. The SMILES string of the molecule is C#C[C@H](NC(=O)OCc1ccccc1)C(=O)N[C@@H](CO)C(=O)OC. The van der Waals surface area contributed by atoms with Crippen molar-refractivity contribution in [3.8, 4) is 12.3 Å². The lowest BCUT2D eigenvalue weighted by atomic mass is 10.2. The predicted octanol–water partition coefficient (Wildman–Crippen LogP) is -0.435. The average molecular weight is 334 g/mol. The molecule has 24 heavy (non-hydrogen) atoms. The first-order valence-electron chi connectivity index (χ1n) is 6.94. The van der Waals surface area contributed by atoms with Crippen molar-refractivity contribution in [1.82, 2.24) is 10.6 Å². The molecular weight excluding hydrogens is 316 g/mol. The number of aliphatic hydroxyl groups excluding tert-OH is 1. The zero-order valence-corrected chi connectivity index (χ0v) is 13.0. The van der Waals surface area contributed by atoms with Gasteiger partial charge >= 0.3 is 12.1 Å². The van der Waals surface area contributed by atoms with Crippen molar-refractivity contribution in [1.29, 1.82) is 0 Å². The van der Waals surface area contributed by atoms with Crippen molar-refractivity contribution in [2.75, 3.05) is 13.7 Å². The Bertz CT molecular complexity index is 611. The van der Waals surface area contributed by atoms with Crippen LogP contribution < -0.4 is 10.6 Å². The highest BCUT2D eigenvalue weighted by molar-refractivity contribution is 5.91. The minimum absolute atomic E-state index is 0.00695. The molecule has 1 rings (SSSR count). The van der Waals surface area contributed by atoms with E-state index < -0.39 is 36.7 Å². The van der Waals surface area contributed by atoms with Crippen LogP contribution in [0.3, 0.4) is 0 Å². The van der Waals surface area contributed by atoms with E-state index in [4.69, 9.17) is 16.3 Å². The van der Waals surface area contributed by atoms with Crippen LogP contribution in [-0.4, -0.2) is 48.9 Å². The van der Waals surface area contributed by atoms with Gasteiger partial charge in [-0.15, -0.1) is 6.42 Å². The van der Waals surface area contributed by atoms with E-state index in [1.54, 1.807) is 24.3 Å². The summed E-state index contributed by atoms with van der Waals surface area (Å²) in [6, 6.07) is 6.28. The van der Waals surface area contributed by atoms with Gasteiger partial charge in [0.2, 0.25) is 0 Å². The first kappa shape index (κ1) is 19.0. The highest BCUT2D eigenvalue weighted by Gasteiger charge is 2.26. The van der Waals surface area contributed by atoms with Gasteiger partial charge in [-0.1, -0.05) is 36.3 Å². The molecule has 0 aromatic heterocycles. The molecule has 2 amide bonds. The van der Waals surface area contributed by atoms with E-state index in [9.17, 15) is 14.4 Å². The number of carbonyl (C=O) groups is 3. The number of nitrogens with one attached hydrogen (secondary N) is 2. The summed E-state index contributed by atoms with van der Waals surface area (Å²) in [5.74, 6) is 0.372. The first-order valence-corrected chi connectivity index (χ1v) is 6.94. The predicted molar refractivity (Wildman–Crippen MR) is 83.4 cm³/mol. The van der Waals surface area contributed by atoms with Gasteiger partial charge in [-0.05, 0) is 5.56 Å². The Kier molecular flexibility index (Phi) is 7.81. The Morgan fingerprint density at radius 2 is 1.92 bits per heavy atom. The molecule has 0 saturated carbocycles. The Morgan fingerprint density at radius 1 is 1.25 bits per heavy atom. The fraction of sp³-hybridized carbons (Fsp3) is 0.312. The molecule has 8 heteroatoms. The number of terminal acetylenes is 1. The molecule has 2 atom stereocenters. The standard InChI is InChI=1S/C16H18N2O6/c1-3-12(14(20)17-13(9-19)15(21)23-2)18-16(22)24-10-11-7-5-4-6-8-11/h1,4-8,12-13,19H,9-10H2,2H3,(H,17,20)(H,18,22)/t12-,13-/m0/s1. The lowest BCUT2D eigenvalue weighted by Gasteiger charge is -2.17. The number of esters is 1. The van der Waals surface area contributed by atoms with Crippen molar-refractivity contribution in [2.24, 2.45) is 0 Å². The van der Waals surface area contributed by atoms with Crippen molar-refractivity contribution in [3.05, 3.63) is 35.9 Å². The summed E-state index contributed by atoms with van der Waals surface area (Å²) in [4.78, 5) is 34.9. The van der Waals surface area contributed by atoms with Crippen molar-refractivity contribution in [3.63, 3.8) is 0 Å². The van der Waals surface area contributed by atoms with Gasteiger partial charge in [0.1, 0.15) is 6.61 Å². The number of aliphatic hydroxyl groups is 1. The zero-order chi connectivity index (χ0) is 17.9. The topological polar surface area (TPSA) is 114 Å². The Labute approximate surface area is 139 Å². The normalized spacial score (nSPS) is 12.2. The summed E-state index contributed by atoms with van der Waals surface area (Å²) >= 11 is 0. The summed E-state index contributed by atoms with van der Waals surface area (Å²) in [7, 11) is 1.11. The fourth-order valence-corrected chi connectivity index (χ4v) is 1.64. The van der Waals surface area contributed by atoms with Crippen LogP contribution in [0.2, 0.25) is 0 Å². The molecule has 0 saturated heterocycles. The third-order valence-corrected chi connectivity index (χ3v) is 2.89. The highest BCUT2D eigenvalue weighted by atomic mass is 16.5. The maximum Gasteiger partial charge on any atom is 0.408 e. The molecule has 8 nitrogen and oxygen atoms in total. The van der Waals surface area contributed by atoms with Crippen LogP contribution in [0.4, 0.5) is 4.79 Å². The molecule has 1 aromatic carbocycles. The molecule has 0 aliphatic rings. The number of methoxy groups -OCH3 is 1. The second-order valence-electron chi connectivity index (χ2n) is 4.57. The number of carbonyl (C=O) groups excluding carboxylic acids is 3. The summed E-state index contributed by atoms with van der Waals surface area (Å²) in [5.41, 5.74) is 0.764. The van der Waals surface area contributed by atoms with Crippen LogP contribution >= 0.6 is 0 Å². The molecule has 0 aliphatic carbocycles. The summed E-state index contributed by atoms with van der Waals surface area (Å²) < 4.78 is 9.35. The maximum atomic E-state index is 11.9. The maximum absolute atomic E-state index is 11.9. The molecule has 0 radical (unpaired) electrons.